The summed E-state index contributed by atoms with van der Waals surface area (Å²) in [4.78, 5) is 35.5. The quantitative estimate of drug-likeness (QED) is 0.578. The van der Waals surface area contributed by atoms with Gasteiger partial charge in [0.25, 0.3) is 0 Å². The van der Waals surface area contributed by atoms with E-state index in [1.165, 1.54) is 0 Å². The van der Waals surface area contributed by atoms with Crippen LogP contribution in [0.3, 0.4) is 0 Å². The number of nitrogens with one attached hydrogen (secondary N) is 1. The Balaban J connectivity index is 4.56. The zero-order chi connectivity index (χ0) is 15.2. The number of hydrogen-bond acceptors (Lipinski definition) is 4. The minimum Gasteiger partial charge on any atom is -0.480 e. The van der Waals surface area contributed by atoms with Gasteiger partial charge in [0.2, 0.25) is 0 Å². The van der Waals surface area contributed by atoms with E-state index in [1.807, 2.05) is 32.8 Å². The number of likely N-dealkylation sites (N-methyl/N-ethyl adjacent to an activating group) is 1. The number of urea groups is 1. The SMILES string of the molecule is CN(C)C(C)(C)CNC(=O)N(CC(=O)O)CC(=O)O. The molecule has 0 bridgehead atoms. The van der Waals surface area contributed by atoms with Crippen molar-refractivity contribution in [2.24, 2.45) is 0 Å². The molecule has 0 atom stereocenters. The minimum atomic E-state index is -1.26. The van der Waals surface area contributed by atoms with Crippen LogP contribution in [0.1, 0.15) is 13.8 Å². The van der Waals surface area contributed by atoms with Crippen molar-refractivity contribution in [3.05, 3.63) is 0 Å². The predicted molar refractivity (Wildman–Crippen MR) is 68.0 cm³/mol. The highest BCUT2D eigenvalue weighted by atomic mass is 16.4. The maximum Gasteiger partial charge on any atom is 0.323 e. The molecule has 110 valence electrons. The predicted octanol–water partition coefficient (Wildman–Crippen LogP) is -0.493. The molecule has 0 aromatic carbocycles. The monoisotopic (exact) mass is 275 g/mol. The number of carbonyl (C=O) groups is 3. The van der Waals surface area contributed by atoms with Crippen molar-refractivity contribution in [3.8, 4) is 0 Å². The average molecular weight is 275 g/mol. The lowest BCUT2D eigenvalue weighted by atomic mass is 10.0. The summed E-state index contributed by atoms with van der Waals surface area (Å²) >= 11 is 0. The van der Waals surface area contributed by atoms with Crippen molar-refractivity contribution in [3.63, 3.8) is 0 Å². The molecule has 0 rings (SSSR count). The number of aliphatic carboxylic acids is 2. The highest BCUT2D eigenvalue weighted by Gasteiger charge is 2.24. The van der Waals surface area contributed by atoms with Crippen LogP contribution in [-0.2, 0) is 9.59 Å². The first-order chi connectivity index (χ1) is 8.56. The van der Waals surface area contributed by atoms with Gasteiger partial charge in [-0.2, -0.15) is 0 Å². The number of carboxylic acid groups (broad SMARTS) is 2. The van der Waals surface area contributed by atoms with E-state index in [-0.39, 0.29) is 12.1 Å². The molecule has 0 fully saturated rings. The normalized spacial score (nSPS) is 11.2. The third kappa shape index (κ3) is 6.61. The number of carboxylic acids is 2. The van der Waals surface area contributed by atoms with Crippen molar-refractivity contribution in [2.45, 2.75) is 19.4 Å². The lowest BCUT2D eigenvalue weighted by molar-refractivity contribution is -0.140. The second kappa shape index (κ2) is 6.93. The summed E-state index contributed by atoms with van der Waals surface area (Å²) in [6.45, 7) is 2.76. The fraction of sp³-hybridized carbons (Fsp3) is 0.727. The van der Waals surface area contributed by atoms with Crippen LogP contribution in [0.5, 0.6) is 0 Å². The van der Waals surface area contributed by atoms with Crippen LogP contribution in [-0.4, -0.2) is 77.3 Å². The second-order valence-corrected chi connectivity index (χ2v) is 5.01. The Labute approximate surface area is 112 Å². The maximum atomic E-state index is 11.8. The van der Waals surface area contributed by atoms with Gasteiger partial charge in [-0.15, -0.1) is 0 Å². The third-order valence-corrected chi connectivity index (χ3v) is 2.82. The molecule has 0 heterocycles. The molecule has 0 aromatic rings. The molecule has 0 radical (unpaired) electrons. The molecule has 8 heteroatoms. The van der Waals surface area contributed by atoms with Gasteiger partial charge < -0.3 is 25.3 Å². The largest absolute Gasteiger partial charge is 0.480 e. The lowest BCUT2D eigenvalue weighted by Crippen LogP contribution is -2.52. The minimum absolute atomic E-state index is 0.272. The number of hydrogen-bond donors (Lipinski definition) is 3. The Morgan fingerprint density at radius 1 is 1.05 bits per heavy atom. The smallest absolute Gasteiger partial charge is 0.323 e. The van der Waals surface area contributed by atoms with E-state index in [9.17, 15) is 14.4 Å². The van der Waals surface area contributed by atoms with Gasteiger partial charge in [0, 0.05) is 12.1 Å². The Morgan fingerprint density at radius 2 is 1.47 bits per heavy atom. The Hall–Kier alpha value is -1.83. The summed E-state index contributed by atoms with van der Waals surface area (Å²) < 4.78 is 0. The van der Waals surface area contributed by atoms with Crippen molar-refractivity contribution in [1.82, 2.24) is 15.1 Å². The molecule has 0 saturated carbocycles. The lowest BCUT2D eigenvalue weighted by Gasteiger charge is -2.33. The first kappa shape index (κ1) is 17.2. The van der Waals surface area contributed by atoms with Crippen LogP contribution in [0.25, 0.3) is 0 Å². The Bertz CT molecular complexity index is 338. The fourth-order valence-electron chi connectivity index (χ4n) is 1.09. The van der Waals surface area contributed by atoms with Crippen LogP contribution in [0.4, 0.5) is 4.79 Å². The molecule has 0 unspecified atom stereocenters. The van der Waals surface area contributed by atoms with E-state index in [2.05, 4.69) is 5.32 Å². The first-order valence-electron chi connectivity index (χ1n) is 5.70. The Kier molecular flexibility index (Phi) is 6.26. The van der Waals surface area contributed by atoms with Gasteiger partial charge >= 0.3 is 18.0 Å². The van der Waals surface area contributed by atoms with E-state index in [1.54, 1.807) is 0 Å². The number of amides is 2. The number of nitrogens with zero attached hydrogens (tertiary/aromatic N) is 2. The van der Waals surface area contributed by atoms with Gasteiger partial charge in [0.1, 0.15) is 13.1 Å². The fourth-order valence-corrected chi connectivity index (χ4v) is 1.09. The summed E-state index contributed by atoms with van der Waals surface area (Å²) in [6, 6.07) is -0.709. The highest BCUT2D eigenvalue weighted by molar-refractivity contribution is 5.84. The molecule has 0 aliphatic rings. The third-order valence-electron chi connectivity index (χ3n) is 2.82. The molecule has 0 aliphatic heterocycles. The van der Waals surface area contributed by atoms with E-state index in [4.69, 9.17) is 10.2 Å². The van der Waals surface area contributed by atoms with Gasteiger partial charge in [-0.05, 0) is 27.9 Å². The summed E-state index contributed by atoms with van der Waals surface area (Å²) in [7, 11) is 3.69. The van der Waals surface area contributed by atoms with Crippen LogP contribution in [0, 0.1) is 0 Å². The van der Waals surface area contributed by atoms with Crippen LogP contribution < -0.4 is 5.32 Å². The highest BCUT2D eigenvalue weighted by Crippen LogP contribution is 2.07. The van der Waals surface area contributed by atoms with E-state index >= 15 is 0 Å². The summed E-state index contributed by atoms with van der Waals surface area (Å²) in [6.07, 6.45) is 0. The van der Waals surface area contributed by atoms with Crippen molar-refractivity contribution < 1.29 is 24.6 Å². The van der Waals surface area contributed by atoms with E-state index in [0.717, 1.165) is 4.90 Å². The van der Waals surface area contributed by atoms with Crippen LogP contribution in [0.2, 0.25) is 0 Å². The molecule has 2 amide bonds. The molecule has 8 nitrogen and oxygen atoms in total. The van der Waals surface area contributed by atoms with Crippen molar-refractivity contribution in [1.29, 1.82) is 0 Å². The average Bonchev–Trinajstić information content (AvgIpc) is 2.23. The molecule has 0 aliphatic carbocycles. The van der Waals surface area contributed by atoms with Gasteiger partial charge in [-0.3, -0.25) is 9.59 Å². The molecule has 0 saturated heterocycles. The van der Waals surface area contributed by atoms with E-state index in [0.29, 0.717) is 0 Å². The zero-order valence-corrected chi connectivity index (χ0v) is 11.6. The van der Waals surface area contributed by atoms with Crippen LogP contribution >= 0.6 is 0 Å². The van der Waals surface area contributed by atoms with E-state index < -0.39 is 31.1 Å². The van der Waals surface area contributed by atoms with Crippen LogP contribution in [0.15, 0.2) is 0 Å². The number of rotatable bonds is 7. The van der Waals surface area contributed by atoms with Gasteiger partial charge in [0.15, 0.2) is 0 Å². The van der Waals surface area contributed by atoms with Gasteiger partial charge in [-0.25, -0.2) is 4.79 Å². The molecular weight excluding hydrogens is 254 g/mol. The Morgan fingerprint density at radius 3 is 1.79 bits per heavy atom. The molecular formula is C11H21N3O5. The summed E-state index contributed by atoms with van der Waals surface area (Å²) in [5.41, 5.74) is -0.326. The van der Waals surface area contributed by atoms with Crippen molar-refractivity contribution in [2.75, 3.05) is 33.7 Å². The molecule has 0 spiro atoms. The maximum absolute atomic E-state index is 11.8. The summed E-state index contributed by atoms with van der Waals surface area (Å²) in [5.74, 6) is -2.52. The van der Waals surface area contributed by atoms with Gasteiger partial charge in [-0.1, -0.05) is 0 Å². The first-order valence-corrected chi connectivity index (χ1v) is 5.70. The molecule has 0 aromatic heterocycles. The zero-order valence-electron chi connectivity index (χ0n) is 11.6. The molecule has 3 N–H and O–H groups in total. The van der Waals surface area contributed by atoms with Crippen molar-refractivity contribution >= 4 is 18.0 Å². The second-order valence-electron chi connectivity index (χ2n) is 5.01. The molecule has 19 heavy (non-hydrogen) atoms. The summed E-state index contributed by atoms with van der Waals surface area (Å²) in [5, 5.41) is 19.8. The number of carbonyl (C=O) groups excluding carboxylic acids is 1. The standard InChI is InChI=1S/C11H21N3O5/c1-11(2,13(3)4)7-12-10(19)14(5-8(15)16)6-9(17)18/h5-7H2,1-4H3,(H,12,19)(H,15,16)(H,17,18). The topological polar surface area (TPSA) is 110 Å². The van der Waals surface area contributed by atoms with Gasteiger partial charge in [0.05, 0.1) is 0 Å².